The maximum atomic E-state index is 13.4. The normalized spacial score (nSPS) is 15.3. The van der Waals surface area contributed by atoms with Crippen LogP contribution in [0, 0.1) is 0 Å². The van der Waals surface area contributed by atoms with Crippen molar-refractivity contribution in [2.75, 3.05) is 24.9 Å². The van der Waals surface area contributed by atoms with Gasteiger partial charge in [0.15, 0.2) is 0 Å². The molecule has 0 saturated heterocycles. The van der Waals surface area contributed by atoms with E-state index in [9.17, 15) is 4.79 Å². The van der Waals surface area contributed by atoms with Crippen LogP contribution in [-0.2, 0) is 4.79 Å². The first kappa shape index (κ1) is 20.0. The Hall–Kier alpha value is -3.33. The van der Waals surface area contributed by atoms with Crippen molar-refractivity contribution in [3.63, 3.8) is 0 Å². The first-order valence-corrected chi connectivity index (χ1v) is 9.97. The predicted octanol–water partition coefficient (Wildman–Crippen LogP) is 3.99. The second-order valence-corrected chi connectivity index (χ2v) is 7.58. The Morgan fingerprint density at radius 3 is 2.63 bits per heavy atom. The average molecular weight is 470 g/mol. The van der Waals surface area contributed by atoms with Gasteiger partial charge in [0.2, 0.25) is 5.95 Å². The summed E-state index contributed by atoms with van der Waals surface area (Å²) in [5.41, 5.74) is 2.70. The molecule has 1 aromatic heterocycles. The third-order valence-corrected chi connectivity index (χ3v) is 5.41. The van der Waals surface area contributed by atoms with Crippen molar-refractivity contribution in [2.24, 2.45) is 0 Å². The fourth-order valence-corrected chi connectivity index (χ4v) is 3.69. The molecule has 0 fully saturated rings. The number of allylic oxidation sites excluding steroid dienone is 1. The summed E-state index contributed by atoms with van der Waals surface area (Å²) in [7, 11) is 3.12. The van der Waals surface area contributed by atoms with Crippen LogP contribution in [0.25, 0.3) is 0 Å². The SMILES string of the molecule is COc1ccc(NC(=O)C2=C(C)Nc3ncnn3[C@H]2c2ccc(Br)cc2)c(OC)c1. The number of anilines is 2. The number of rotatable bonds is 5. The zero-order chi connectivity index (χ0) is 21.3. The van der Waals surface area contributed by atoms with E-state index in [2.05, 4.69) is 36.6 Å². The Bertz CT molecular complexity index is 1120. The van der Waals surface area contributed by atoms with Gasteiger partial charge >= 0.3 is 0 Å². The van der Waals surface area contributed by atoms with Crippen LogP contribution in [0.1, 0.15) is 18.5 Å². The fourth-order valence-electron chi connectivity index (χ4n) is 3.43. The number of aromatic nitrogens is 3. The minimum atomic E-state index is -0.430. The standard InChI is InChI=1S/C21H20BrN5O3/c1-12-18(20(28)26-16-9-8-15(29-2)10-17(16)30-3)19(13-4-6-14(22)7-5-13)27-21(25-12)23-11-24-27/h4-11,19H,1-3H3,(H,26,28)(H,23,24,25)/t19-/m0/s1. The van der Waals surface area contributed by atoms with Crippen LogP contribution in [0.15, 0.2) is 64.5 Å². The van der Waals surface area contributed by atoms with Gasteiger partial charge in [0.1, 0.15) is 23.9 Å². The van der Waals surface area contributed by atoms with E-state index in [0.717, 1.165) is 10.0 Å². The summed E-state index contributed by atoms with van der Waals surface area (Å²) in [4.78, 5) is 17.7. The number of amides is 1. The summed E-state index contributed by atoms with van der Waals surface area (Å²) < 4.78 is 13.3. The van der Waals surface area contributed by atoms with Crippen LogP contribution in [0.2, 0.25) is 0 Å². The molecular formula is C21H20BrN5O3. The van der Waals surface area contributed by atoms with Gasteiger partial charge in [-0.3, -0.25) is 4.79 Å². The van der Waals surface area contributed by atoms with Gasteiger partial charge in [-0.1, -0.05) is 28.1 Å². The van der Waals surface area contributed by atoms with E-state index in [1.54, 1.807) is 37.1 Å². The smallest absolute Gasteiger partial charge is 0.255 e. The lowest BCUT2D eigenvalue weighted by atomic mass is 9.95. The molecule has 4 rings (SSSR count). The molecule has 1 amide bonds. The Labute approximate surface area is 182 Å². The number of fused-ring (bicyclic) bond motifs is 1. The number of benzene rings is 2. The molecule has 9 heteroatoms. The monoisotopic (exact) mass is 469 g/mol. The number of halogens is 1. The second kappa shape index (κ2) is 8.19. The maximum Gasteiger partial charge on any atom is 0.255 e. The molecule has 2 N–H and O–H groups in total. The number of hydrogen-bond donors (Lipinski definition) is 2. The van der Waals surface area contributed by atoms with E-state index in [4.69, 9.17) is 9.47 Å². The molecule has 0 bridgehead atoms. The lowest BCUT2D eigenvalue weighted by Gasteiger charge is -2.29. The van der Waals surface area contributed by atoms with E-state index in [1.807, 2.05) is 31.2 Å². The average Bonchev–Trinajstić information content (AvgIpc) is 3.21. The first-order chi connectivity index (χ1) is 14.5. The van der Waals surface area contributed by atoms with Crippen LogP contribution >= 0.6 is 15.9 Å². The molecule has 2 aromatic carbocycles. The van der Waals surface area contributed by atoms with Crippen molar-refractivity contribution >= 4 is 33.5 Å². The van der Waals surface area contributed by atoms with Crippen molar-refractivity contribution in [1.29, 1.82) is 0 Å². The van der Waals surface area contributed by atoms with Crippen LogP contribution in [-0.4, -0.2) is 34.9 Å². The van der Waals surface area contributed by atoms with Gasteiger partial charge in [-0.15, -0.1) is 0 Å². The largest absolute Gasteiger partial charge is 0.497 e. The molecule has 0 radical (unpaired) electrons. The molecule has 30 heavy (non-hydrogen) atoms. The highest BCUT2D eigenvalue weighted by Crippen LogP contribution is 2.36. The number of carbonyl (C=O) groups excluding carboxylic acids is 1. The molecule has 0 saturated carbocycles. The first-order valence-electron chi connectivity index (χ1n) is 9.18. The van der Waals surface area contributed by atoms with Crippen LogP contribution in [0.5, 0.6) is 11.5 Å². The third kappa shape index (κ3) is 3.63. The minimum Gasteiger partial charge on any atom is -0.497 e. The van der Waals surface area contributed by atoms with Gasteiger partial charge < -0.3 is 20.1 Å². The molecule has 8 nitrogen and oxygen atoms in total. The highest BCUT2D eigenvalue weighted by Gasteiger charge is 2.33. The van der Waals surface area contributed by atoms with Gasteiger partial charge in [0.05, 0.1) is 25.5 Å². The summed E-state index contributed by atoms with van der Waals surface area (Å²) in [6, 6.07) is 12.6. The van der Waals surface area contributed by atoms with Crippen molar-refractivity contribution in [3.8, 4) is 11.5 Å². The molecule has 1 aliphatic heterocycles. The molecule has 0 spiro atoms. The topological polar surface area (TPSA) is 90.3 Å². The number of carbonyl (C=O) groups is 1. The van der Waals surface area contributed by atoms with Crippen molar-refractivity contribution in [3.05, 3.63) is 70.1 Å². The summed E-state index contributed by atoms with van der Waals surface area (Å²) >= 11 is 3.46. The molecule has 0 unspecified atom stereocenters. The summed E-state index contributed by atoms with van der Waals surface area (Å²) in [6.07, 6.45) is 1.47. The van der Waals surface area contributed by atoms with Gasteiger partial charge in [-0.2, -0.15) is 10.1 Å². The quantitative estimate of drug-likeness (QED) is 0.587. The Morgan fingerprint density at radius 2 is 1.93 bits per heavy atom. The van der Waals surface area contributed by atoms with Crippen LogP contribution in [0.3, 0.4) is 0 Å². The molecule has 1 atom stereocenters. The summed E-state index contributed by atoms with van der Waals surface area (Å²) in [6.45, 7) is 1.85. The lowest BCUT2D eigenvalue weighted by molar-refractivity contribution is -0.113. The van der Waals surface area contributed by atoms with E-state index in [1.165, 1.54) is 6.33 Å². The highest BCUT2D eigenvalue weighted by molar-refractivity contribution is 9.10. The van der Waals surface area contributed by atoms with E-state index in [-0.39, 0.29) is 5.91 Å². The Balaban J connectivity index is 1.74. The number of nitrogens with zero attached hydrogens (tertiary/aromatic N) is 3. The van der Waals surface area contributed by atoms with E-state index >= 15 is 0 Å². The molecule has 2 heterocycles. The number of hydrogen-bond acceptors (Lipinski definition) is 6. The lowest BCUT2D eigenvalue weighted by Crippen LogP contribution is -2.31. The second-order valence-electron chi connectivity index (χ2n) is 6.67. The van der Waals surface area contributed by atoms with E-state index in [0.29, 0.717) is 34.4 Å². The third-order valence-electron chi connectivity index (χ3n) is 4.88. The maximum absolute atomic E-state index is 13.4. The molecule has 0 aliphatic carbocycles. The number of methoxy groups -OCH3 is 2. The predicted molar refractivity (Wildman–Crippen MR) is 117 cm³/mol. The number of nitrogens with one attached hydrogen (secondary N) is 2. The highest BCUT2D eigenvalue weighted by atomic mass is 79.9. The molecule has 154 valence electrons. The van der Waals surface area contributed by atoms with Gasteiger partial charge in [-0.25, -0.2) is 4.68 Å². The Kier molecular flexibility index (Phi) is 5.45. The van der Waals surface area contributed by atoms with E-state index < -0.39 is 6.04 Å². The van der Waals surface area contributed by atoms with Crippen molar-refractivity contribution in [2.45, 2.75) is 13.0 Å². The zero-order valence-electron chi connectivity index (χ0n) is 16.6. The van der Waals surface area contributed by atoms with Crippen LogP contribution < -0.4 is 20.1 Å². The molecule has 3 aromatic rings. The molecular weight excluding hydrogens is 450 g/mol. The fraction of sp³-hybridized carbons (Fsp3) is 0.190. The summed E-state index contributed by atoms with van der Waals surface area (Å²) in [5, 5.41) is 10.5. The van der Waals surface area contributed by atoms with Crippen LogP contribution in [0.4, 0.5) is 11.6 Å². The van der Waals surface area contributed by atoms with Crippen molar-refractivity contribution in [1.82, 2.24) is 14.8 Å². The number of ether oxygens (including phenoxy) is 2. The zero-order valence-corrected chi connectivity index (χ0v) is 18.2. The van der Waals surface area contributed by atoms with Crippen molar-refractivity contribution < 1.29 is 14.3 Å². The van der Waals surface area contributed by atoms with Gasteiger partial charge in [0, 0.05) is 16.2 Å². The van der Waals surface area contributed by atoms with Gasteiger partial charge in [-0.05, 0) is 36.8 Å². The minimum absolute atomic E-state index is 0.266. The van der Waals surface area contributed by atoms with Gasteiger partial charge in [0.25, 0.3) is 5.91 Å². The Morgan fingerprint density at radius 1 is 1.17 bits per heavy atom. The molecule has 1 aliphatic rings. The summed E-state index contributed by atoms with van der Waals surface area (Å²) in [5.74, 6) is 1.46.